The first-order valence-corrected chi connectivity index (χ1v) is 7.54. The number of hydrogen-bond donors (Lipinski definition) is 2. The molecule has 0 saturated heterocycles. The molecule has 0 aliphatic carbocycles. The Labute approximate surface area is 126 Å². The molecule has 2 amide bonds. The lowest BCUT2D eigenvalue weighted by molar-refractivity contribution is -0.144. The number of esters is 1. The SMILES string of the molecule is CCOC(=O)C(C)NC(=O)c1ccc2c(c1)NC(=O)CS2. The summed E-state index contributed by atoms with van der Waals surface area (Å²) in [7, 11) is 0. The van der Waals surface area contributed by atoms with Gasteiger partial charge >= 0.3 is 5.97 Å². The second-order valence-electron chi connectivity index (χ2n) is 4.49. The van der Waals surface area contributed by atoms with Crippen molar-refractivity contribution in [2.75, 3.05) is 17.7 Å². The fourth-order valence-electron chi connectivity index (χ4n) is 1.83. The zero-order valence-corrected chi connectivity index (χ0v) is 12.6. The molecule has 2 rings (SSSR count). The molecule has 1 aromatic carbocycles. The van der Waals surface area contributed by atoms with E-state index < -0.39 is 12.0 Å². The molecule has 7 heteroatoms. The Morgan fingerprint density at radius 3 is 2.95 bits per heavy atom. The fourth-order valence-corrected chi connectivity index (χ4v) is 2.62. The number of thioether (sulfide) groups is 1. The van der Waals surface area contributed by atoms with Crippen LogP contribution in [0.5, 0.6) is 0 Å². The normalized spacial score (nSPS) is 14.7. The average molecular weight is 308 g/mol. The third-order valence-electron chi connectivity index (χ3n) is 2.86. The van der Waals surface area contributed by atoms with Crippen LogP contribution in [0.15, 0.2) is 23.1 Å². The van der Waals surface area contributed by atoms with Crippen molar-refractivity contribution in [3.63, 3.8) is 0 Å². The fraction of sp³-hybridized carbons (Fsp3) is 0.357. The maximum absolute atomic E-state index is 12.1. The number of carbonyl (C=O) groups is 3. The topological polar surface area (TPSA) is 84.5 Å². The van der Waals surface area contributed by atoms with Gasteiger partial charge in [0.1, 0.15) is 6.04 Å². The van der Waals surface area contributed by atoms with Gasteiger partial charge in [-0.05, 0) is 32.0 Å². The second kappa shape index (κ2) is 6.62. The smallest absolute Gasteiger partial charge is 0.328 e. The summed E-state index contributed by atoms with van der Waals surface area (Å²) in [6, 6.07) is 4.32. The molecule has 1 unspecified atom stereocenters. The van der Waals surface area contributed by atoms with Crippen LogP contribution < -0.4 is 10.6 Å². The van der Waals surface area contributed by atoms with Crippen LogP contribution in [-0.2, 0) is 14.3 Å². The molecule has 1 heterocycles. The van der Waals surface area contributed by atoms with Crippen LogP contribution in [0, 0.1) is 0 Å². The van der Waals surface area contributed by atoms with Crippen LogP contribution in [0.4, 0.5) is 5.69 Å². The average Bonchev–Trinajstić information content (AvgIpc) is 2.46. The lowest BCUT2D eigenvalue weighted by Crippen LogP contribution is -2.39. The summed E-state index contributed by atoms with van der Waals surface area (Å²) in [5.41, 5.74) is 1.00. The third-order valence-corrected chi connectivity index (χ3v) is 3.94. The molecule has 0 fully saturated rings. The van der Waals surface area contributed by atoms with Gasteiger partial charge in [0.05, 0.1) is 18.0 Å². The van der Waals surface area contributed by atoms with Crippen molar-refractivity contribution in [3.8, 4) is 0 Å². The minimum atomic E-state index is -0.725. The molecular weight excluding hydrogens is 292 g/mol. The molecule has 112 valence electrons. The van der Waals surface area contributed by atoms with Gasteiger partial charge in [-0.3, -0.25) is 9.59 Å². The maximum Gasteiger partial charge on any atom is 0.328 e. The number of nitrogens with one attached hydrogen (secondary N) is 2. The minimum Gasteiger partial charge on any atom is -0.464 e. The summed E-state index contributed by atoms with van der Waals surface area (Å²) in [6.45, 7) is 3.53. The maximum atomic E-state index is 12.1. The van der Waals surface area contributed by atoms with Gasteiger partial charge < -0.3 is 15.4 Å². The van der Waals surface area contributed by atoms with Crippen molar-refractivity contribution < 1.29 is 19.1 Å². The van der Waals surface area contributed by atoms with Crippen LogP contribution in [0.2, 0.25) is 0 Å². The second-order valence-corrected chi connectivity index (χ2v) is 5.51. The van der Waals surface area contributed by atoms with E-state index in [9.17, 15) is 14.4 Å². The van der Waals surface area contributed by atoms with Gasteiger partial charge in [-0.25, -0.2) is 4.79 Å². The summed E-state index contributed by atoms with van der Waals surface area (Å²) in [4.78, 5) is 35.9. The molecule has 0 radical (unpaired) electrons. The zero-order valence-electron chi connectivity index (χ0n) is 11.8. The van der Waals surface area contributed by atoms with Crippen LogP contribution >= 0.6 is 11.8 Å². The Morgan fingerprint density at radius 1 is 1.48 bits per heavy atom. The number of ether oxygens (including phenoxy) is 1. The van der Waals surface area contributed by atoms with Crippen molar-refractivity contribution in [3.05, 3.63) is 23.8 Å². The van der Waals surface area contributed by atoms with Gasteiger partial charge in [-0.15, -0.1) is 11.8 Å². The van der Waals surface area contributed by atoms with Crippen LogP contribution in [0.1, 0.15) is 24.2 Å². The van der Waals surface area contributed by atoms with E-state index in [0.29, 0.717) is 17.0 Å². The Kier molecular flexibility index (Phi) is 4.85. The van der Waals surface area contributed by atoms with Gasteiger partial charge in [0.15, 0.2) is 0 Å². The highest BCUT2D eigenvalue weighted by atomic mass is 32.2. The molecule has 0 bridgehead atoms. The first-order chi connectivity index (χ1) is 10.0. The van der Waals surface area contributed by atoms with Gasteiger partial charge in [0.2, 0.25) is 5.91 Å². The zero-order chi connectivity index (χ0) is 15.4. The van der Waals surface area contributed by atoms with E-state index in [1.807, 2.05) is 0 Å². The van der Waals surface area contributed by atoms with Crippen molar-refractivity contribution in [2.45, 2.75) is 24.8 Å². The van der Waals surface area contributed by atoms with Gasteiger partial charge in [-0.1, -0.05) is 0 Å². The van der Waals surface area contributed by atoms with Crippen LogP contribution in [-0.4, -0.2) is 36.2 Å². The van der Waals surface area contributed by atoms with Gasteiger partial charge in [0.25, 0.3) is 5.91 Å². The monoisotopic (exact) mass is 308 g/mol. The van der Waals surface area contributed by atoms with Crippen molar-refractivity contribution in [2.24, 2.45) is 0 Å². The molecule has 0 spiro atoms. The molecule has 1 aromatic rings. The molecule has 0 saturated carbocycles. The predicted octanol–water partition coefficient (Wildman–Crippen LogP) is 1.41. The van der Waals surface area contributed by atoms with Crippen molar-refractivity contribution >= 4 is 35.2 Å². The number of benzene rings is 1. The molecular formula is C14H16N2O4S. The van der Waals surface area contributed by atoms with Crippen molar-refractivity contribution in [1.82, 2.24) is 5.32 Å². The summed E-state index contributed by atoms with van der Waals surface area (Å²) >= 11 is 1.42. The Bertz CT molecular complexity index is 588. The van der Waals surface area contributed by atoms with E-state index in [2.05, 4.69) is 10.6 Å². The molecule has 0 aromatic heterocycles. The molecule has 21 heavy (non-hydrogen) atoms. The minimum absolute atomic E-state index is 0.0926. The van der Waals surface area contributed by atoms with E-state index in [1.165, 1.54) is 11.8 Å². The van der Waals surface area contributed by atoms with Gasteiger partial charge in [0, 0.05) is 10.5 Å². The highest BCUT2D eigenvalue weighted by molar-refractivity contribution is 8.00. The quantitative estimate of drug-likeness (QED) is 0.822. The van der Waals surface area contributed by atoms with E-state index >= 15 is 0 Å². The molecule has 6 nitrogen and oxygen atoms in total. The number of anilines is 1. The lowest BCUT2D eigenvalue weighted by Gasteiger charge is -2.17. The van der Waals surface area contributed by atoms with E-state index in [-0.39, 0.29) is 18.4 Å². The molecule has 2 N–H and O–H groups in total. The predicted molar refractivity (Wildman–Crippen MR) is 79.4 cm³/mol. The Morgan fingerprint density at radius 2 is 2.24 bits per heavy atom. The highest BCUT2D eigenvalue weighted by Gasteiger charge is 2.20. The summed E-state index contributed by atoms with van der Waals surface area (Å²) < 4.78 is 4.83. The van der Waals surface area contributed by atoms with Crippen LogP contribution in [0.25, 0.3) is 0 Å². The number of hydrogen-bond acceptors (Lipinski definition) is 5. The molecule has 1 aliphatic heterocycles. The Hall–Kier alpha value is -2.02. The van der Waals surface area contributed by atoms with E-state index in [1.54, 1.807) is 32.0 Å². The highest BCUT2D eigenvalue weighted by Crippen LogP contribution is 2.31. The molecule has 1 atom stereocenters. The van der Waals surface area contributed by atoms with Crippen LogP contribution in [0.3, 0.4) is 0 Å². The summed E-state index contributed by atoms with van der Waals surface area (Å²) in [5.74, 6) is -0.584. The van der Waals surface area contributed by atoms with Crippen molar-refractivity contribution in [1.29, 1.82) is 0 Å². The molecule has 1 aliphatic rings. The Balaban J connectivity index is 2.08. The summed E-state index contributed by atoms with van der Waals surface area (Å²) in [6.07, 6.45) is 0. The number of fused-ring (bicyclic) bond motifs is 1. The van der Waals surface area contributed by atoms with E-state index in [0.717, 1.165) is 4.90 Å². The van der Waals surface area contributed by atoms with E-state index in [4.69, 9.17) is 4.74 Å². The number of carbonyl (C=O) groups excluding carboxylic acids is 3. The first-order valence-electron chi connectivity index (χ1n) is 6.55. The lowest BCUT2D eigenvalue weighted by atomic mass is 10.1. The third kappa shape index (κ3) is 3.75. The van der Waals surface area contributed by atoms with Gasteiger partial charge in [-0.2, -0.15) is 0 Å². The standard InChI is InChI=1S/C14H16N2O4S/c1-3-20-14(19)8(2)15-13(18)9-4-5-11-10(6-9)16-12(17)7-21-11/h4-6,8H,3,7H2,1-2H3,(H,15,18)(H,16,17). The number of rotatable bonds is 4. The first kappa shape index (κ1) is 15.4. The largest absolute Gasteiger partial charge is 0.464 e. The number of amides is 2. The summed E-state index contributed by atoms with van der Waals surface area (Å²) in [5, 5.41) is 5.29.